The predicted octanol–water partition coefficient (Wildman–Crippen LogP) is 5.33. The molecule has 0 saturated carbocycles. The molecular formula is C17H29F9O6S. The normalized spacial score (nSPS) is 13.6. The fourth-order valence-electron chi connectivity index (χ4n) is 1.97. The van der Waals surface area contributed by atoms with Crippen LogP contribution in [0.1, 0.15) is 45.4 Å². The summed E-state index contributed by atoms with van der Waals surface area (Å²) in [5.74, 6) is -14.7. The standard InChI is InChI=1S/C13H28O3.C4HF9O3S/c1-3-4-5-6-7-8-9-15-12-13-16-11-10-14-2;5-1(6,3(9,10)11)2(7,8)4(12,13)17(14,15)16/h3-13H2,1-2H3;(H,14,15,16). The van der Waals surface area contributed by atoms with Crippen LogP contribution in [0.3, 0.4) is 0 Å². The molecule has 0 aliphatic carbocycles. The third kappa shape index (κ3) is 11.4. The number of hydrogen-bond donors (Lipinski definition) is 1. The van der Waals surface area contributed by atoms with Crippen LogP contribution in [0.4, 0.5) is 39.5 Å². The van der Waals surface area contributed by atoms with E-state index in [9.17, 15) is 47.9 Å². The highest BCUT2D eigenvalue weighted by Crippen LogP contribution is 2.54. The average Bonchev–Trinajstić information content (AvgIpc) is 2.67. The van der Waals surface area contributed by atoms with Crippen LogP contribution in [-0.2, 0) is 24.3 Å². The first kappa shape index (κ1) is 34.3. The Morgan fingerprint density at radius 2 is 1.09 bits per heavy atom. The van der Waals surface area contributed by atoms with E-state index in [4.69, 9.17) is 18.8 Å². The van der Waals surface area contributed by atoms with Gasteiger partial charge in [0, 0.05) is 13.7 Å². The number of rotatable bonds is 16. The molecule has 0 unspecified atom stereocenters. The summed E-state index contributed by atoms with van der Waals surface area (Å²) >= 11 is 0. The lowest BCUT2D eigenvalue weighted by atomic mass is 10.1. The molecular weight excluding hydrogens is 503 g/mol. The summed E-state index contributed by atoms with van der Waals surface area (Å²) in [5, 5.41) is -7.00. The Morgan fingerprint density at radius 1 is 0.667 bits per heavy atom. The SMILES string of the molecule is CCCCCCCCOCCOCCOC.O=S(=O)(O)C(F)(F)C(F)(F)C(F)(F)C(F)(F)F. The average molecular weight is 532 g/mol. The Labute approximate surface area is 186 Å². The van der Waals surface area contributed by atoms with Gasteiger partial charge >= 0.3 is 33.4 Å². The maximum atomic E-state index is 12.2. The van der Waals surface area contributed by atoms with Crippen LogP contribution < -0.4 is 0 Å². The maximum absolute atomic E-state index is 12.2. The van der Waals surface area contributed by atoms with E-state index >= 15 is 0 Å². The lowest BCUT2D eigenvalue weighted by molar-refractivity contribution is -0.382. The summed E-state index contributed by atoms with van der Waals surface area (Å²) in [6, 6.07) is 0. The van der Waals surface area contributed by atoms with Gasteiger partial charge < -0.3 is 14.2 Å². The van der Waals surface area contributed by atoms with Crippen LogP contribution in [0.25, 0.3) is 0 Å². The van der Waals surface area contributed by atoms with Crippen molar-refractivity contribution in [1.82, 2.24) is 0 Å². The third-order valence-electron chi connectivity index (χ3n) is 3.89. The Hall–Kier alpha value is -0.840. The number of alkyl halides is 9. The first-order valence-corrected chi connectivity index (χ1v) is 11.2. The van der Waals surface area contributed by atoms with Gasteiger partial charge in [-0.05, 0) is 6.42 Å². The van der Waals surface area contributed by atoms with Crippen LogP contribution in [-0.4, -0.2) is 76.4 Å². The van der Waals surface area contributed by atoms with Crippen molar-refractivity contribution >= 4 is 10.1 Å². The lowest BCUT2D eigenvalue weighted by Gasteiger charge is -2.31. The quantitative estimate of drug-likeness (QED) is 0.165. The molecule has 0 fully saturated rings. The summed E-state index contributed by atoms with van der Waals surface area (Å²) in [6.07, 6.45) is 0.749. The van der Waals surface area contributed by atoms with Crippen molar-refractivity contribution in [2.45, 2.75) is 68.7 Å². The van der Waals surface area contributed by atoms with E-state index in [0.29, 0.717) is 26.4 Å². The van der Waals surface area contributed by atoms with Gasteiger partial charge in [-0.15, -0.1) is 0 Å². The van der Waals surface area contributed by atoms with E-state index in [-0.39, 0.29) is 0 Å². The van der Waals surface area contributed by atoms with Gasteiger partial charge in [-0.3, -0.25) is 4.55 Å². The fraction of sp³-hybridized carbons (Fsp3) is 1.00. The highest BCUT2D eigenvalue weighted by atomic mass is 32.2. The minimum absolute atomic E-state index is 0.664. The second-order valence-corrected chi connectivity index (χ2v) is 8.09. The zero-order valence-corrected chi connectivity index (χ0v) is 18.9. The maximum Gasteiger partial charge on any atom is 0.460 e. The van der Waals surface area contributed by atoms with Gasteiger partial charge in [-0.25, -0.2) is 0 Å². The molecule has 0 bridgehead atoms. The highest BCUT2D eigenvalue weighted by molar-refractivity contribution is 7.87. The predicted molar refractivity (Wildman–Crippen MR) is 99.3 cm³/mol. The van der Waals surface area contributed by atoms with Gasteiger partial charge in [0.1, 0.15) is 0 Å². The number of halogens is 9. The molecule has 0 rings (SSSR count). The Morgan fingerprint density at radius 3 is 1.52 bits per heavy atom. The van der Waals surface area contributed by atoms with E-state index < -0.39 is 33.4 Å². The molecule has 0 radical (unpaired) electrons. The number of methoxy groups -OCH3 is 1. The monoisotopic (exact) mass is 532 g/mol. The second-order valence-electron chi connectivity index (χ2n) is 6.62. The Kier molecular flexibility index (Phi) is 15.8. The first-order valence-electron chi connectivity index (χ1n) is 9.73. The molecule has 0 spiro atoms. The zero-order valence-electron chi connectivity index (χ0n) is 18.1. The zero-order chi connectivity index (χ0) is 26.4. The van der Waals surface area contributed by atoms with Crippen molar-refractivity contribution in [3.8, 4) is 0 Å². The smallest absolute Gasteiger partial charge is 0.382 e. The lowest BCUT2D eigenvalue weighted by Crippen LogP contribution is -2.63. The van der Waals surface area contributed by atoms with Gasteiger partial charge in [-0.1, -0.05) is 39.0 Å². The van der Waals surface area contributed by atoms with Crippen molar-refractivity contribution < 1.29 is 66.7 Å². The highest BCUT2D eigenvalue weighted by Gasteiger charge is 2.85. The minimum Gasteiger partial charge on any atom is -0.382 e. The Balaban J connectivity index is 0. The molecule has 0 aromatic heterocycles. The molecule has 6 nitrogen and oxygen atoms in total. The van der Waals surface area contributed by atoms with Gasteiger partial charge in [-0.2, -0.15) is 47.9 Å². The van der Waals surface area contributed by atoms with Crippen molar-refractivity contribution in [1.29, 1.82) is 0 Å². The molecule has 0 aliphatic heterocycles. The summed E-state index contributed by atoms with van der Waals surface area (Å²) in [4.78, 5) is 0. The molecule has 202 valence electrons. The fourth-order valence-corrected chi connectivity index (χ4v) is 2.42. The van der Waals surface area contributed by atoms with Crippen molar-refractivity contribution in [2.75, 3.05) is 40.1 Å². The summed E-state index contributed by atoms with van der Waals surface area (Å²) in [6.45, 7) is 5.83. The van der Waals surface area contributed by atoms with Crippen molar-refractivity contribution in [3.05, 3.63) is 0 Å². The minimum atomic E-state index is -7.37. The van der Waals surface area contributed by atoms with E-state index in [2.05, 4.69) is 6.92 Å². The molecule has 0 atom stereocenters. The van der Waals surface area contributed by atoms with E-state index in [1.807, 2.05) is 0 Å². The molecule has 0 heterocycles. The van der Waals surface area contributed by atoms with Gasteiger partial charge in [0.25, 0.3) is 0 Å². The van der Waals surface area contributed by atoms with E-state index in [1.165, 1.54) is 38.5 Å². The summed E-state index contributed by atoms with van der Waals surface area (Å²) in [5.41, 5.74) is 0. The van der Waals surface area contributed by atoms with Gasteiger partial charge in [0.2, 0.25) is 0 Å². The van der Waals surface area contributed by atoms with Crippen LogP contribution in [0.15, 0.2) is 0 Å². The van der Waals surface area contributed by atoms with Gasteiger partial charge in [0.15, 0.2) is 0 Å². The van der Waals surface area contributed by atoms with E-state index in [1.54, 1.807) is 7.11 Å². The molecule has 1 N–H and O–H groups in total. The molecule has 33 heavy (non-hydrogen) atoms. The molecule has 16 heteroatoms. The third-order valence-corrected chi connectivity index (χ3v) is 4.79. The number of ether oxygens (including phenoxy) is 3. The van der Waals surface area contributed by atoms with Crippen LogP contribution in [0.2, 0.25) is 0 Å². The number of unbranched alkanes of at least 4 members (excludes halogenated alkanes) is 5. The summed E-state index contributed by atoms with van der Waals surface area (Å²) < 4.78 is 150. The Bertz CT molecular complexity index is 599. The first-order chi connectivity index (χ1) is 14.9. The molecule has 0 aliphatic rings. The topological polar surface area (TPSA) is 82.1 Å². The number of hydrogen-bond acceptors (Lipinski definition) is 5. The summed E-state index contributed by atoms with van der Waals surface area (Å²) in [7, 11) is -5.49. The molecule has 0 saturated heterocycles. The van der Waals surface area contributed by atoms with Crippen LogP contribution in [0, 0.1) is 0 Å². The van der Waals surface area contributed by atoms with Crippen molar-refractivity contribution in [2.24, 2.45) is 0 Å². The van der Waals surface area contributed by atoms with Gasteiger partial charge in [0.05, 0.1) is 26.4 Å². The molecule has 0 amide bonds. The molecule has 0 aromatic carbocycles. The second kappa shape index (κ2) is 15.2. The molecule has 0 aromatic rings. The van der Waals surface area contributed by atoms with Crippen LogP contribution in [0.5, 0.6) is 0 Å². The largest absolute Gasteiger partial charge is 0.460 e. The van der Waals surface area contributed by atoms with E-state index in [0.717, 1.165) is 6.61 Å². The van der Waals surface area contributed by atoms with Crippen molar-refractivity contribution in [3.63, 3.8) is 0 Å². The van der Waals surface area contributed by atoms with Crippen LogP contribution >= 0.6 is 0 Å².